The maximum absolute atomic E-state index is 12.9. The van der Waals surface area contributed by atoms with Gasteiger partial charge >= 0.3 is 0 Å². The molecule has 1 fully saturated rings. The molecule has 124 valence electrons. The average molecular weight is 321 g/mol. The van der Waals surface area contributed by atoms with Crippen LogP contribution in [0, 0.1) is 0 Å². The van der Waals surface area contributed by atoms with Crippen LogP contribution in [0.3, 0.4) is 0 Å². The molecular formula is C20H23N3O. The lowest BCUT2D eigenvalue weighted by Gasteiger charge is -2.08. The number of fused-ring (bicyclic) bond motifs is 1. The summed E-state index contributed by atoms with van der Waals surface area (Å²) in [7, 11) is 0. The first-order valence-electron chi connectivity index (χ1n) is 8.86. The minimum absolute atomic E-state index is 0.0940. The zero-order valence-electron chi connectivity index (χ0n) is 14.2. The van der Waals surface area contributed by atoms with E-state index in [1.54, 1.807) is 6.07 Å². The Kier molecular flexibility index (Phi) is 3.75. The minimum Gasteiger partial charge on any atom is -0.343 e. The standard InChI is InChI=1S/C20H23N3O/c1-13(2)16-12-17(24)18-19(14-8-6-7-9-14)22-23(20(18)21-16)15-10-4-3-5-11-15/h3-5,10-14H,6-9H2,1-2H3,(H,21,24). The maximum atomic E-state index is 12.9. The molecule has 0 unspecified atom stereocenters. The minimum atomic E-state index is 0.0940. The Hall–Kier alpha value is -2.36. The molecule has 2 heterocycles. The second-order valence-corrected chi connectivity index (χ2v) is 7.08. The Morgan fingerprint density at radius 1 is 1.17 bits per heavy atom. The Morgan fingerprint density at radius 3 is 2.54 bits per heavy atom. The van der Waals surface area contributed by atoms with E-state index in [2.05, 4.69) is 18.8 Å². The van der Waals surface area contributed by atoms with Crippen molar-refractivity contribution in [1.82, 2.24) is 14.8 Å². The van der Waals surface area contributed by atoms with Crippen LogP contribution >= 0.6 is 0 Å². The fourth-order valence-electron chi connectivity index (χ4n) is 3.73. The van der Waals surface area contributed by atoms with Gasteiger partial charge in [0.2, 0.25) is 0 Å². The van der Waals surface area contributed by atoms with Gasteiger partial charge in [0.15, 0.2) is 5.43 Å². The van der Waals surface area contributed by atoms with E-state index in [0.29, 0.717) is 5.92 Å². The summed E-state index contributed by atoms with van der Waals surface area (Å²) < 4.78 is 1.91. The van der Waals surface area contributed by atoms with Crippen LogP contribution in [0.4, 0.5) is 0 Å². The molecule has 0 radical (unpaired) electrons. The Morgan fingerprint density at radius 2 is 1.88 bits per heavy atom. The van der Waals surface area contributed by atoms with Gasteiger partial charge in [-0.25, -0.2) is 4.68 Å². The van der Waals surface area contributed by atoms with Gasteiger partial charge in [0.25, 0.3) is 0 Å². The van der Waals surface area contributed by atoms with Crippen molar-refractivity contribution in [2.45, 2.75) is 51.4 Å². The molecule has 4 rings (SSSR count). The first-order valence-corrected chi connectivity index (χ1v) is 8.86. The molecular weight excluding hydrogens is 298 g/mol. The van der Waals surface area contributed by atoms with Gasteiger partial charge in [-0.2, -0.15) is 5.10 Å². The maximum Gasteiger partial charge on any atom is 0.193 e. The van der Waals surface area contributed by atoms with E-state index < -0.39 is 0 Å². The fraction of sp³-hybridized carbons (Fsp3) is 0.400. The second kappa shape index (κ2) is 5.93. The monoisotopic (exact) mass is 321 g/mol. The number of nitrogens with one attached hydrogen (secondary N) is 1. The molecule has 24 heavy (non-hydrogen) atoms. The fourth-order valence-corrected chi connectivity index (χ4v) is 3.73. The summed E-state index contributed by atoms with van der Waals surface area (Å²) in [6, 6.07) is 11.8. The number of H-pyrrole nitrogens is 1. The van der Waals surface area contributed by atoms with Crippen LogP contribution in [-0.2, 0) is 0 Å². The van der Waals surface area contributed by atoms with Crippen molar-refractivity contribution >= 4 is 11.0 Å². The molecule has 2 aromatic heterocycles. The summed E-state index contributed by atoms with van der Waals surface area (Å²) in [5.74, 6) is 0.680. The molecule has 1 aliphatic carbocycles. The van der Waals surface area contributed by atoms with Gasteiger partial charge in [0, 0.05) is 17.7 Å². The first-order chi connectivity index (χ1) is 11.6. The van der Waals surface area contributed by atoms with E-state index in [4.69, 9.17) is 5.10 Å². The van der Waals surface area contributed by atoms with Crippen molar-refractivity contribution in [3.8, 4) is 5.69 Å². The quantitative estimate of drug-likeness (QED) is 0.772. The largest absolute Gasteiger partial charge is 0.343 e. The molecule has 3 aromatic rings. The summed E-state index contributed by atoms with van der Waals surface area (Å²) in [5.41, 5.74) is 3.85. The SMILES string of the molecule is CC(C)c1cc(=O)c2c(C3CCCC3)nn(-c3ccccc3)c2[nH]1. The summed E-state index contributed by atoms with van der Waals surface area (Å²) in [5, 5.41) is 5.66. The highest BCUT2D eigenvalue weighted by Crippen LogP contribution is 2.36. The van der Waals surface area contributed by atoms with Crippen molar-refractivity contribution in [2.24, 2.45) is 0 Å². The lowest BCUT2D eigenvalue weighted by Crippen LogP contribution is -2.08. The van der Waals surface area contributed by atoms with Crippen LogP contribution in [0.5, 0.6) is 0 Å². The molecule has 1 aliphatic rings. The van der Waals surface area contributed by atoms with Crippen molar-refractivity contribution in [3.63, 3.8) is 0 Å². The van der Waals surface area contributed by atoms with E-state index in [-0.39, 0.29) is 11.3 Å². The molecule has 1 aromatic carbocycles. The van der Waals surface area contributed by atoms with Crippen molar-refractivity contribution < 1.29 is 0 Å². The molecule has 1 saturated carbocycles. The van der Waals surface area contributed by atoms with E-state index in [9.17, 15) is 4.79 Å². The van der Waals surface area contributed by atoms with Crippen LogP contribution in [0.15, 0.2) is 41.2 Å². The third-order valence-electron chi connectivity index (χ3n) is 5.07. The Bertz CT molecular complexity index is 915. The molecule has 0 spiro atoms. The number of pyridine rings is 1. The number of rotatable bonds is 3. The molecule has 0 aliphatic heterocycles. The topological polar surface area (TPSA) is 50.7 Å². The molecule has 0 atom stereocenters. The predicted octanol–water partition coefficient (Wildman–Crippen LogP) is 4.49. The predicted molar refractivity (Wildman–Crippen MR) is 97.0 cm³/mol. The van der Waals surface area contributed by atoms with Gasteiger partial charge in [0.1, 0.15) is 5.65 Å². The van der Waals surface area contributed by atoms with Crippen LogP contribution in [0.25, 0.3) is 16.7 Å². The highest BCUT2D eigenvalue weighted by atomic mass is 16.1. The zero-order valence-corrected chi connectivity index (χ0v) is 14.2. The normalized spacial score (nSPS) is 15.6. The van der Waals surface area contributed by atoms with Gasteiger partial charge in [-0.05, 0) is 30.9 Å². The first kappa shape index (κ1) is 15.2. The highest BCUT2D eigenvalue weighted by Gasteiger charge is 2.26. The summed E-state index contributed by atoms with van der Waals surface area (Å²) in [4.78, 5) is 16.3. The van der Waals surface area contributed by atoms with Crippen LogP contribution < -0.4 is 5.43 Å². The molecule has 1 N–H and O–H groups in total. The van der Waals surface area contributed by atoms with Gasteiger partial charge < -0.3 is 4.98 Å². The van der Waals surface area contributed by atoms with Crippen LogP contribution in [0.1, 0.15) is 62.8 Å². The molecule has 4 heteroatoms. The molecule has 0 amide bonds. The number of hydrogen-bond donors (Lipinski definition) is 1. The average Bonchev–Trinajstić information content (AvgIpc) is 3.23. The van der Waals surface area contributed by atoms with Crippen molar-refractivity contribution in [1.29, 1.82) is 0 Å². The number of hydrogen-bond acceptors (Lipinski definition) is 2. The van der Waals surface area contributed by atoms with Crippen molar-refractivity contribution in [2.75, 3.05) is 0 Å². The third kappa shape index (κ3) is 2.46. The van der Waals surface area contributed by atoms with Gasteiger partial charge in [-0.1, -0.05) is 44.9 Å². The van der Waals surface area contributed by atoms with E-state index in [0.717, 1.165) is 41.0 Å². The summed E-state index contributed by atoms with van der Waals surface area (Å²) in [6.45, 7) is 4.19. The lowest BCUT2D eigenvalue weighted by atomic mass is 10.0. The van der Waals surface area contributed by atoms with E-state index >= 15 is 0 Å². The highest BCUT2D eigenvalue weighted by molar-refractivity contribution is 5.80. The van der Waals surface area contributed by atoms with Gasteiger partial charge in [-0.15, -0.1) is 0 Å². The summed E-state index contributed by atoms with van der Waals surface area (Å²) >= 11 is 0. The number of aromatic amines is 1. The Labute approximate surface area is 141 Å². The van der Waals surface area contributed by atoms with Gasteiger partial charge in [-0.3, -0.25) is 4.79 Å². The number of aromatic nitrogens is 3. The number of benzene rings is 1. The smallest absolute Gasteiger partial charge is 0.193 e. The second-order valence-electron chi connectivity index (χ2n) is 7.08. The Balaban J connectivity index is 2.02. The summed E-state index contributed by atoms with van der Waals surface area (Å²) in [6.07, 6.45) is 4.72. The number of nitrogens with zero attached hydrogens (tertiary/aromatic N) is 2. The third-order valence-corrected chi connectivity index (χ3v) is 5.07. The molecule has 0 bridgehead atoms. The van der Waals surface area contributed by atoms with Crippen LogP contribution in [-0.4, -0.2) is 14.8 Å². The molecule has 0 saturated heterocycles. The van der Waals surface area contributed by atoms with E-state index in [1.165, 1.54) is 12.8 Å². The lowest BCUT2D eigenvalue weighted by molar-refractivity contribution is 0.683. The van der Waals surface area contributed by atoms with Crippen LogP contribution in [0.2, 0.25) is 0 Å². The number of para-hydroxylation sites is 1. The van der Waals surface area contributed by atoms with E-state index in [1.807, 2.05) is 35.0 Å². The molecule has 4 nitrogen and oxygen atoms in total. The zero-order chi connectivity index (χ0) is 16.7. The van der Waals surface area contributed by atoms with Gasteiger partial charge in [0.05, 0.1) is 16.8 Å². The van der Waals surface area contributed by atoms with Crippen molar-refractivity contribution in [3.05, 3.63) is 58.0 Å².